The predicted molar refractivity (Wildman–Crippen MR) is 154 cm³/mol. The van der Waals surface area contributed by atoms with Crippen LogP contribution in [0.2, 0.25) is 0 Å². The zero-order chi connectivity index (χ0) is 26.2. The molecule has 0 bridgehead atoms. The molecule has 0 fully saturated rings. The molecule has 2 unspecified atom stereocenters. The van der Waals surface area contributed by atoms with E-state index in [1.54, 1.807) is 0 Å². The second-order valence-electron chi connectivity index (χ2n) is 11.0. The van der Waals surface area contributed by atoms with E-state index in [-0.39, 0.29) is 0 Å². The molecular formula is C30H34N2O2P2. The van der Waals surface area contributed by atoms with E-state index in [2.05, 4.69) is 0 Å². The van der Waals surface area contributed by atoms with Gasteiger partial charge in [0.25, 0.3) is 0 Å². The van der Waals surface area contributed by atoms with E-state index >= 15 is 0 Å². The maximum absolute atomic E-state index is 14.6. The van der Waals surface area contributed by atoms with Crippen molar-refractivity contribution in [1.29, 1.82) is 0 Å². The summed E-state index contributed by atoms with van der Waals surface area (Å²) in [5.74, 6) is 0. The first-order chi connectivity index (χ1) is 16.9. The third-order valence-electron chi connectivity index (χ3n) is 6.51. The summed E-state index contributed by atoms with van der Waals surface area (Å²) >= 11 is 0. The van der Waals surface area contributed by atoms with Crippen LogP contribution in [0.5, 0.6) is 0 Å². The Balaban J connectivity index is 1.87. The molecule has 0 saturated heterocycles. The first-order valence-corrected chi connectivity index (χ1v) is 15.6. The quantitative estimate of drug-likeness (QED) is 0.289. The lowest BCUT2D eigenvalue weighted by atomic mass is 10.2. The molecule has 186 valence electrons. The number of hydrogen-bond acceptors (Lipinski definition) is 4. The molecule has 2 atom stereocenters. The average Bonchev–Trinajstić information content (AvgIpc) is 2.87. The zero-order valence-electron chi connectivity index (χ0n) is 21.8. The van der Waals surface area contributed by atoms with Crippen LogP contribution in [0.3, 0.4) is 0 Å². The summed E-state index contributed by atoms with van der Waals surface area (Å²) in [5, 5.41) is 0.519. The summed E-state index contributed by atoms with van der Waals surface area (Å²) in [6.07, 6.45) is 0. The lowest BCUT2D eigenvalue weighted by Crippen LogP contribution is -2.33. The lowest BCUT2D eigenvalue weighted by Gasteiger charge is -2.32. The SMILES string of the molecule is CC(C)(C)P(=O)(c1ccccc1)c1cccc(-c2cccc(P(=O)(c3ccccc3)C(C)(C)C)n2)n1. The largest absolute Gasteiger partial charge is 0.311 e. The van der Waals surface area contributed by atoms with Crippen molar-refractivity contribution in [3.63, 3.8) is 0 Å². The summed E-state index contributed by atoms with van der Waals surface area (Å²) in [5.41, 5.74) is 2.33. The summed E-state index contributed by atoms with van der Waals surface area (Å²) in [7, 11) is -6.14. The Kier molecular flexibility index (Phi) is 6.99. The molecule has 4 rings (SSSR count). The van der Waals surface area contributed by atoms with Gasteiger partial charge in [-0.25, -0.2) is 9.97 Å². The van der Waals surface area contributed by atoms with Gasteiger partial charge >= 0.3 is 0 Å². The van der Waals surface area contributed by atoms with E-state index in [0.29, 0.717) is 22.3 Å². The van der Waals surface area contributed by atoms with Crippen LogP contribution >= 0.6 is 14.3 Å². The second-order valence-corrected chi connectivity index (χ2v) is 18.1. The Hall–Kier alpha value is -2.80. The molecule has 0 aliphatic heterocycles. The van der Waals surface area contributed by atoms with Crippen molar-refractivity contribution in [1.82, 2.24) is 9.97 Å². The van der Waals surface area contributed by atoms with Crippen LogP contribution in [0.4, 0.5) is 0 Å². The highest BCUT2D eigenvalue weighted by molar-refractivity contribution is 7.80. The molecule has 0 amide bonds. The van der Waals surface area contributed by atoms with Crippen molar-refractivity contribution in [3.8, 4) is 11.4 Å². The van der Waals surface area contributed by atoms with Crippen LogP contribution in [-0.4, -0.2) is 20.3 Å². The fourth-order valence-electron chi connectivity index (χ4n) is 4.48. The van der Waals surface area contributed by atoms with E-state index in [1.165, 1.54) is 0 Å². The third kappa shape index (κ3) is 4.54. The minimum Gasteiger partial charge on any atom is -0.311 e. The van der Waals surface area contributed by atoms with Crippen molar-refractivity contribution in [2.45, 2.75) is 51.9 Å². The second kappa shape index (κ2) is 9.58. The molecule has 2 aromatic carbocycles. The zero-order valence-corrected chi connectivity index (χ0v) is 23.6. The molecule has 0 N–H and O–H groups in total. The number of aromatic nitrogens is 2. The van der Waals surface area contributed by atoms with Gasteiger partial charge in [0.2, 0.25) is 0 Å². The molecule has 36 heavy (non-hydrogen) atoms. The van der Waals surface area contributed by atoms with Gasteiger partial charge in [-0.2, -0.15) is 0 Å². The molecule has 0 radical (unpaired) electrons. The highest BCUT2D eigenvalue weighted by Gasteiger charge is 2.42. The van der Waals surface area contributed by atoms with Gasteiger partial charge in [0, 0.05) is 20.9 Å². The number of nitrogens with zero attached hydrogens (tertiary/aromatic N) is 2. The topological polar surface area (TPSA) is 59.9 Å². The van der Waals surface area contributed by atoms with Crippen molar-refractivity contribution in [2.24, 2.45) is 0 Å². The van der Waals surface area contributed by atoms with Crippen LogP contribution in [0, 0.1) is 0 Å². The van der Waals surface area contributed by atoms with Crippen molar-refractivity contribution < 1.29 is 9.13 Å². The average molecular weight is 517 g/mol. The normalized spacial score (nSPS) is 15.6. The minimum absolute atomic E-state index is 0.523. The Bertz CT molecular complexity index is 1340. The van der Waals surface area contributed by atoms with Gasteiger partial charge in [-0.3, -0.25) is 0 Å². The Morgan fingerprint density at radius 2 is 0.806 bits per heavy atom. The van der Waals surface area contributed by atoms with E-state index in [4.69, 9.17) is 9.97 Å². The summed E-state index contributed by atoms with van der Waals surface area (Å²) in [6, 6.07) is 30.4. The van der Waals surface area contributed by atoms with Crippen LogP contribution in [0.1, 0.15) is 41.5 Å². The van der Waals surface area contributed by atoms with Crippen molar-refractivity contribution in [2.75, 3.05) is 0 Å². The molecule has 2 heterocycles. The van der Waals surface area contributed by atoms with Gasteiger partial charge in [-0.1, -0.05) is 114 Å². The van der Waals surface area contributed by atoms with Gasteiger partial charge < -0.3 is 9.13 Å². The van der Waals surface area contributed by atoms with Gasteiger partial charge in [0.15, 0.2) is 14.3 Å². The molecular weight excluding hydrogens is 482 g/mol. The number of benzene rings is 2. The highest BCUT2D eigenvalue weighted by atomic mass is 31.2. The molecule has 6 heteroatoms. The van der Waals surface area contributed by atoms with Crippen LogP contribution in [-0.2, 0) is 9.13 Å². The van der Waals surface area contributed by atoms with Gasteiger partial charge in [0.1, 0.15) is 10.9 Å². The van der Waals surface area contributed by atoms with Gasteiger partial charge in [0.05, 0.1) is 11.4 Å². The first-order valence-electron chi connectivity index (χ1n) is 12.2. The van der Waals surface area contributed by atoms with E-state index in [0.717, 1.165) is 10.6 Å². The summed E-state index contributed by atoms with van der Waals surface area (Å²) < 4.78 is 29.3. The Labute approximate surface area is 215 Å². The van der Waals surface area contributed by atoms with Crippen molar-refractivity contribution >= 4 is 35.8 Å². The van der Waals surface area contributed by atoms with E-state index in [1.807, 2.05) is 139 Å². The van der Waals surface area contributed by atoms with Crippen LogP contribution < -0.4 is 21.5 Å². The smallest absolute Gasteiger partial charge is 0.165 e. The molecule has 4 aromatic rings. The lowest BCUT2D eigenvalue weighted by molar-refractivity contribution is 0.562. The molecule has 0 saturated carbocycles. The molecule has 2 aromatic heterocycles. The van der Waals surface area contributed by atoms with Crippen LogP contribution in [0.25, 0.3) is 11.4 Å². The third-order valence-corrected chi connectivity index (χ3v) is 14.1. The Morgan fingerprint density at radius 3 is 1.11 bits per heavy atom. The predicted octanol–water partition coefficient (Wildman–Crippen LogP) is 6.37. The summed E-state index contributed by atoms with van der Waals surface area (Å²) in [4.78, 5) is 9.80. The van der Waals surface area contributed by atoms with E-state index in [9.17, 15) is 9.13 Å². The van der Waals surface area contributed by atoms with Gasteiger partial charge in [-0.05, 0) is 24.3 Å². The fourth-order valence-corrected chi connectivity index (χ4v) is 10.2. The molecule has 0 aliphatic rings. The van der Waals surface area contributed by atoms with Crippen molar-refractivity contribution in [3.05, 3.63) is 97.1 Å². The highest BCUT2D eigenvalue weighted by Crippen LogP contribution is 2.56. The monoisotopic (exact) mass is 516 g/mol. The summed E-state index contributed by atoms with van der Waals surface area (Å²) in [6.45, 7) is 12.0. The van der Waals surface area contributed by atoms with E-state index < -0.39 is 24.6 Å². The Morgan fingerprint density at radius 1 is 0.472 bits per heavy atom. The number of pyridine rings is 2. The number of rotatable bonds is 5. The molecule has 0 spiro atoms. The fraction of sp³-hybridized carbons (Fsp3) is 0.267. The van der Waals surface area contributed by atoms with Gasteiger partial charge in [-0.15, -0.1) is 0 Å². The van der Waals surface area contributed by atoms with Crippen LogP contribution in [0.15, 0.2) is 97.1 Å². The maximum Gasteiger partial charge on any atom is 0.165 e. The maximum atomic E-state index is 14.6. The minimum atomic E-state index is -3.07. The first kappa shape index (κ1) is 26.3. The molecule has 4 nitrogen and oxygen atoms in total. The number of hydrogen-bond donors (Lipinski definition) is 0. The standard InChI is InChI=1S/C30H34N2O2P2/c1-29(2,3)35(33,23-15-9-7-10-16-23)27-21-13-19-25(31-27)26-20-14-22-28(32-26)36(34,30(4,5)6)24-17-11-8-12-18-24/h7-22H,1-6H3. The molecule has 0 aliphatic carbocycles.